The lowest BCUT2D eigenvalue weighted by molar-refractivity contribution is -0.0521. The molecule has 1 aromatic carbocycles. The van der Waals surface area contributed by atoms with Crippen molar-refractivity contribution in [1.82, 2.24) is 5.32 Å². The molecular formula is C15H19F3N2O3. The number of alkyl halides is 2. The minimum absolute atomic E-state index is 0.00378. The van der Waals surface area contributed by atoms with Gasteiger partial charge in [0, 0.05) is 24.4 Å². The highest BCUT2D eigenvalue weighted by atomic mass is 19.3. The Morgan fingerprint density at radius 1 is 1.30 bits per heavy atom. The van der Waals surface area contributed by atoms with Crippen LogP contribution in [0.5, 0.6) is 5.75 Å². The number of nitrogens with one attached hydrogen (secondary N) is 2. The summed E-state index contributed by atoms with van der Waals surface area (Å²) >= 11 is 0. The van der Waals surface area contributed by atoms with Gasteiger partial charge in [0.1, 0.15) is 0 Å². The van der Waals surface area contributed by atoms with Crippen molar-refractivity contribution in [3.63, 3.8) is 0 Å². The zero-order valence-electron chi connectivity index (χ0n) is 12.4. The minimum Gasteiger partial charge on any atom is -0.432 e. The lowest BCUT2D eigenvalue weighted by atomic mass is 9.87. The number of ether oxygens (including phenoxy) is 1. The molecule has 0 bridgehead atoms. The van der Waals surface area contributed by atoms with Crippen LogP contribution in [0.3, 0.4) is 0 Å². The lowest BCUT2D eigenvalue weighted by Crippen LogP contribution is -2.40. The van der Waals surface area contributed by atoms with E-state index in [2.05, 4.69) is 15.4 Å². The molecule has 0 heterocycles. The van der Waals surface area contributed by atoms with Crippen LogP contribution in [0, 0.1) is 11.7 Å². The maximum absolute atomic E-state index is 13.5. The van der Waals surface area contributed by atoms with E-state index >= 15 is 0 Å². The first-order valence-corrected chi connectivity index (χ1v) is 7.40. The van der Waals surface area contributed by atoms with Crippen LogP contribution in [-0.4, -0.2) is 30.4 Å². The molecule has 1 fully saturated rings. The number of carbonyl (C=O) groups excluding carboxylic acids is 1. The lowest BCUT2D eigenvalue weighted by Gasteiger charge is -2.27. The fraction of sp³-hybridized carbons (Fsp3) is 0.533. The molecule has 0 unspecified atom stereocenters. The summed E-state index contributed by atoms with van der Waals surface area (Å²) in [5.74, 6) is -1.27. The molecule has 128 valence electrons. The Labute approximate surface area is 131 Å². The van der Waals surface area contributed by atoms with Crippen LogP contribution in [0.4, 0.5) is 23.7 Å². The standard InChI is InChI=1S/C15H19F3N2O3/c16-12-7-11(5-6-13(12)23-14(17)18)20-15(22)19-10-3-1-9(8-21)2-4-10/h5-7,9-10,14,21H,1-4,8H2,(H2,19,20,22). The van der Waals surface area contributed by atoms with Gasteiger partial charge in [0.05, 0.1) is 0 Å². The summed E-state index contributed by atoms with van der Waals surface area (Å²) in [6.45, 7) is -2.95. The Hall–Kier alpha value is -1.96. The highest BCUT2D eigenvalue weighted by Crippen LogP contribution is 2.25. The number of carbonyl (C=O) groups is 1. The summed E-state index contributed by atoms with van der Waals surface area (Å²) in [6.07, 6.45) is 3.23. The second-order valence-corrected chi connectivity index (χ2v) is 5.52. The number of aliphatic hydroxyl groups is 1. The van der Waals surface area contributed by atoms with E-state index in [0.717, 1.165) is 37.8 Å². The van der Waals surface area contributed by atoms with Gasteiger partial charge in [-0.3, -0.25) is 0 Å². The van der Waals surface area contributed by atoms with Crippen LogP contribution in [0.1, 0.15) is 25.7 Å². The maximum Gasteiger partial charge on any atom is 0.387 e. The van der Waals surface area contributed by atoms with Crippen molar-refractivity contribution in [1.29, 1.82) is 0 Å². The van der Waals surface area contributed by atoms with Crippen molar-refractivity contribution >= 4 is 11.7 Å². The van der Waals surface area contributed by atoms with Crippen molar-refractivity contribution in [2.75, 3.05) is 11.9 Å². The van der Waals surface area contributed by atoms with Gasteiger partial charge in [0.15, 0.2) is 11.6 Å². The summed E-state index contributed by atoms with van der Waals surface area (Å²) < 4.78 is 41.6. The first kappa shape index (κ1) is 17.4. The van der Waals surface area contributed by atoms with Crippen LogP contribution < -0.4 is 15.4 Å². The molecule has 23 heavy (non-hydrogen) atoms. The maximum atomic E-state index is 13.5. The van der Waals surface area contributed by atoms with E-state index in [-0.39, 0.29) is 24.3 Å². The molecule has 1 saturated carbocycles. The number of urea groups is 1. The van der Waals surface area contributed by atoms with Gasteiger partial charge in [-0.2, -0.15) is 8.78 Å². The first-order chi connectivity index (χ1) is 11.0. The van der Waals surface area contributed by atoms with Gasteiger partial charge in [0.25, 0.3) is 0 Å². The topological polar surface area (TPSA) is 70.6 Å². The third kappa shape index (κ3) is 5.31. The summed E-state index contributed by atoms with van der Waals surface area (Å²) in [6, 6.07) is 2.75. The third-order valence-corrected chi connectivity index (χ3v) is 3.85. The average molecular weight is 332 g/mol. The van der Waals surface area contributed by atoms with Crippen molar-refractivity contribution in [2.24, 2.45) is 5.92 Å². The van der Waals surface area contributed by atoms with Crippen LogP contribution in [0.25, 0.3) is 0 Å². The molecule has 2 rings (SSSR count). The SMILES string of the molecule is O=C(Nc1ccc(OC(F)F)c(F)c1)NC1CCC(CO)CC1. The van der Waals surface area contributed by atoms with Crippen molar-refractivity contribution in [3.8, 4) is 5.75 Å². The van der Waals surface area contributed by atoms with E-state index in [1.54, 1.807) is 0 Å². The number of aliphatic hydroxyl groups excluding tert-OH is 1. The first-order valence-electron chi connectivity index (χ1n) is 7.40. The molecule has 1 aliphatic carbocycles. The average Bonchev–Trinajstić information content (AvgIpc) is 2.50. The van der Waals surface area contributed by atoms with E-state index in [0.29, 0.717) is 0 Å². The van der Waals surface area contributed by atoms with E-state index in [4.69, 9.17) is 5.11 Å². The van der Waals surface area contributed by atoms with Crippen LogP contribution in [0.15, 0.2) is 18.2 Å². The molecule has 0 aliphatic heterocycles. The Bertz CT molecular complexity index is 535. The molecule has 8 heteroatoms. The van der Waals surface area contributed by atoms with E-state index in [1.807, 2.05) is 0 Å². The zero-order chi connectivity index (χ0) is 16.8. The smallest absolute Gasteiger partial charge is 0.387 e. The Balaban J connectivity index is 1.84. The van der Waals surface area contributed by atoms with Crippen LogP contribution in [-0.2, 0) is 0 Å². The van der Waals surface area contributed by atoms with Crippen molar-refractivity contribution in [2.45, 2.75) is 38.3 Å². The highest BCUT2D eigenvalue weighted by Gasteiger charge is 2.22. The number of hydrogen-bond acceptors (Lipinski definition) is 3. The normalized spacial score (nSPS) is 21.1. The van der Waals surface area contributed by atoms with Gasteiger partial charge in [-0.15, -0.1) is 0 Å². The van der Waals surface area contributed by atoms with Crippen molar-refractivity contribution in [3.05, 3.63) is 24.0 Å². The van der Waals surface area contributed by atoms with E-state index in [9.17, 15) is 18.0 Å². The number of hydrogen-bond donors (Lipinski definition) is 3. The second-order valence-electron chi connectivity index (χ2n) is 5.52. The summed E-state index contributed by atoms with van der Waals surface area (Å²) in [5.41, 5.74) is 0.144. The molecule has 0 aromatic heterocycles. The molecule has 1 aromatic rings. The molecule has 1 aliphatic rings. The predicted octanol–water partition coefficient (Wildman–Crippen LogP) is 3.10. The number of anilines is 1. The molecule has 3 N–H and O–H groups in total. The summed E-state index contributed by atoms with van der Waals surface area (Å²) in [5, 5.41) is 14.3. The Morgan fingerprint density at radius 2 is 2.00 bits per heavy atom. The van der Waals surface area contributed by atoms with Gasteiger partial charge in [0.2, 0.25) is 0 Å². The minimum atomic E-state index is -3.11. The fourth-order valence-corrected chi connectivity index (χ4v) is 2.61. The Morgan fingerprint density at radius 3 is 2.57 bits per heavy atom. The molecule has 0 saturated heterocycles. The Kier molecular flexibility index (Phi) is 6.09. The molecule has 5 nitrogen and oxygen atoms in total. The summed E-state index contributed by atoms with van der Waals surface area (Å²) in [7, 11) is 0. The summed E-state index contributed by atoms with van der Waals surface area (Å²) in [4.78, 5) is 11.9. The van der Waals surface area contributed by atoms with Crippen LogP contribution >= 0.6 is 0 Å². The van der Waals surface area contributed by atoms with E-state index < -0.39 is 24.2 Å². The van der Waals surface area contributed by atoms with Gasteiger partial charge in [-0.05, 0) is 43.7 Å². The molecule has 0 atom stereocenters. The van der Waals surface area contributed by atoms with Gasteiger partial charge in [-0.1, -0.05) is 0 Å². The zero-order valence-corrected chi connectivity index (χ0v) is 12.4. The van der Waals surface area contributed by atoms with Crippen molar-refractivity contribution < 1.29 is 27.8 Å². The molecule has 0 spiro atoms. The number of benzene rings is 1. The fourth-order valence-electron chi connectivity index (χ4n) is 2.61. The van der Waals surface area contributed by atoms with E-state index in [1.165, 1.54) is 6.07 Å². The third-order valence-electron chi connectivity index (χ3n) is 3.85. The van der Waals surface area contributed by atoms with Gasteiger partial charge >= 0.3 is 12.6 Å². The number of halogens is 3. The quantitative estimate of drug-likeness (QED) is 0.776. The highest BCUT2D eigenvalue weighted by molar-refractivity contribution is 5.89. The number of amides is 2. The van der Waals surface area contributed by atoms with Crippen LogP contribution in [0.2, 0.25) is 0 Å². The second kappa shape index (κ2) is 8.05. The monoisotopic (exact) mass is 332 g/mol. The molecular weight excluding hydrogens is 313 g/mol. The molecule has 2 amide bonds. The van der Waals surface area contributed by atoms with Gasteiger partial charge < -0.3 is 20.5 Å². The number of rotatable bonds is 5. The largest absolute Gasteiger partial charge is 0.432 e. The molecule has 0 radical (unpaired) electrons. The predicted molar refractivity (Wildman–Crippen MR) is 78.0 cm³/mol. The van der Waals surface area contributed by atoms with Gasteiger partial charge in [-0.25, -0.2) is 9.18 Å².